The van der Waals surface area contributed by atoms with E-state index in [-0.39, 0.29) is 0 Å². The summed E-state index contributed by atoms with van der Waals surface area (Å²) in [4.78, 5) is 0. The largest absolute Gasteiger partial charge is 0.330 e. The summed E-state index contributed by atoms with van der Waals surface area (Å²) < 4.78 is 0. The van der Waals surface area contributed by atoms with Gasteiger partial charge in [-0.05, 0) is 48.3 Å². The summed E-state index contributed by atoms with van der Waals surface area (Å²) in [6.07, 6.45) is 3.61. The van der Waals surface area contributed by atoms with Gasteiger partial charge < -0.3 is 5.73 Å². The van der Waals surface area contributed by atoms with E-state index in [0.29, 0.717) is 5.41 Å². The maximum absolute atomic E-state index is 6.00. The van der Waals surface area contributed by atoms with Crippen molar-refractivity contribution in [2.24, 2.45) is 17.1 Å². The molecule has 2 rings (SSSR count). The van der Waals surface area contributed by atoms with Crippen molar-refractivity contribution in [3.63, 3.8) is 0 Å². The average molecular weight is 203 g/mol. The second-order valence-corrected chi connectivity index (χ2v) is 5.42. The Balaban J connectivity index is 2.21. The number of rotatable bonds is 3. The summed E-state index contributed by atoms with van der Waals surface area (Å²) in [6.45, 7) is 5.40. The van der Waals surface area contributed by atoms with Crippen LogP contribution in [0.15, 0.2) is 24.3 Å². The Kier molecular flexibility index (Phi) is 2.83. The van der Waals surface area contributed by atoms with Crippen LogP contribution in [0.1, 0.15) is 31.4 Å². The second kappa shape index (κ2) is 3.97. The van der Waals surface area contributed by atoms with Gasteiger partial charge in [0.1, 0.15) is 0 Å². The summed E-state index contributed by atoms with van der Waals surface area (Å²) in [7, 11) is 0. The third-order valence-corrected chi connectivity index (χ3v) is 3.52. The highest BCUT2D eigenvalue weighted by molar-refractivity contribution is 5.34. The fraction of sp³-hybridized carbons (Fsp3) is 0.571. The highest BCUT2D eigenvalue weighted by Gasteiger charge is 2.36. The van der Waals surface area contributed by atoms with E-state index < -0.39 is 0 Å². The molecule has 0 saturated heterocycles. The van der Waals surface area contributed by atoms with Crippen LogP contribution in [0.25, 0.3) is 0 Å². The van der Waals surface area contributed by atoms with Crippen molar-refractivity contribution in [3.8, 4) is 0 Å². The van der Waals surface area contributed by atoms with Gasteiger partial charge >= 0.3 is 0 Å². The molecule has 0 heterocycles. The molecule has 1 aliphatic carbocycles. The average Bonchev–Trinajstić information content (AvgIpc) is 2.55. The normalized spacial score (nSPS) is 18.1. The van der Waals surface area contributed by atoms with E-state index in [4.69, 9.17) is 5.73 Å². The lowest BCUT2D eigenvalue weighted by atomic mass is 9.77. The van der Waals surface area contributed by atoms with Crippen LogP contribution in [0.2, 0.25) is 0 Å². The van der Waals surface area contributed by atoms with Crippen LogP contribution in [0, 0.1) is 11.3 Å². The van der Waals surface area contributed by atoms with Gasteiger partial charge in [-0.3, -0.25) is 0 Å². The fourth-order valence-corrected chi connectivity index (χ4v) is 3.01. The second-order valence-electron chi connectivity index (χ2n) is 5.42. The lowest BCUT2D eigenvalue weighted by Gasteiger charge is -2.29. The molecule has 0 amide bonds. The molecule has 1 nitrogen and oxygen atoms in total. The predicted molar refractivity (Wildman–Crippen MR) is 64.8 cm³/mol. The van der Waals surface area contributed by atoms with Crippen LogP contribution in [0.4, 0.5) is 0 Å². The van der Waals surface area contributed by atoms with Gasteiger partial charge in [0, 0.05) is 0 Å². The topological polar surface area (TPSA) is 26.0 Å². The number of fused-ring (bicyclic) bond motifs is 1. The standard InChI is InChI=1S/C14H21N/c1-11(2)7-14(10-15)8-12-5-3-4-6-13(12)9-14/h3-6,11H,7-10,15H2,1-2H3. The minimum Gasteiger partial charge on any atom is -0.330 e. The van der Waals surface area contributed by atoms with Crippen molar-refractivity contribution >= 4 is 0 Å². The molecule has 0 fully saturated rings. The maximum atomic E-state index is 6.00. The minimum atomic E-state index is 0.345. The zero-order valence-corrected chi connectivity index (χ0v) is 9.79. The van der Waals surface area contributed by atoms with Crippen molar-refractivity contribution in [2.45, 2.75) is 33.1 Å². The molecule has 1 aromatic carbocycles. The van der Waals surface area contributed by atoms with Gasteiger partial charge in [-0.1, -0.05) is 38.1 Å². The van der Waals surface area contributed by atoms with Gasteiger partial charge in [0.05, 0.1) is 0 Å². The van der Waals surface area contributed by atoms with Gasteiger partial charge in [0.2, 0.25) is 0 Å². The monoisotopic (exact) mass is 203 g/mol. The summed E-state index contributed by atoms with van der Waals surface area (Å²) in [6, 6.07) is 8.79. The fourth-order valence-electron chi connectivity index (χ4n) is 3.01. The molecule has 1 aromatic rings. The Morgan fingerprint density at radius 2 is 1.73 bits per heavy atom. The Bertz CT molecular complexity index is 316. The molecule has 0 bridgehead atoms. The summed E-state index contributed by atoms with van der Waals surface area (Å²) in [5.41, 5.74) is 9.38. The van der Waals surface area contributed by atoms with E-state index in [2.05, 4.69) is 38.1 Å². The van der Waals surface area contributed by atoms with Crippen LogP contribution < -0.4 is 5.73 Å². The van der Waals surface area contributed by atoms with Crippen molar-refractivity contribution in [3.05, 3.63) is 35.4 Å². The van der Waals surface area contributed by atoms with E-state index >= 15 is 0 Å². The summed E-state index contributed by atoms with van der Waals surface area (Å²) >= 11 is 0. The van der Waals surface area contributed by atoms with Gasteiger partial charge in [0.25, 0.3) is 0 Å². The Morgan fingerprint density at radius 3 is 2.13 bits per heavy atom. The van der Waals surface area contributed by atoms with E-state index in [1.54, 1.807) is 0 Å². The molecular formula is C14H21N. The SMILES string of the molecule is CC(C)CC1(CN)Cc2ccccc2C1. The number of benzene rings is 1. The molecule has 0 unspecified atom stereocenters. The van der Waals surface area contributed by atoms with Crippen molar-refractivity contribution < 1.29 is 0 Å². The van der Waals surface area contributed by atoms with Gasteiger partial charge in [0.15, 0.2) is 0 Å². The molecule has 0 spiro atoms. The van der Waals surface area contributed by atoms with Crippen LogP contribution in [0.3, 0.4) is 0 Å². The first-order valence-electron chi connectivity index (χ1n) is 5.92. The molecule has 0 aromatic heterocycles. The number of hydrogen-bond donors (Lipinski definition) is 1. The quantitative estimate of drug-likeness (QED) is 0.803. The van der Waals surface area contributed by atoms with E-state index in [1.165, 1.54) is 30.4 Å². The third kappa shape index (κ3) is 2.07. The highest BCUT2D eigenvalue weighted by atomic mass is 14.6. The predicted octanol–water partition coefficient (Wildman–Crippen LogP) is 2.78. The van der Waals surface area contributed by atoms with Crippen molar-refractivity contribution in [1.82, 2.24) is 0 Å². The molecule has 82 valence electrons. The molecule has 0 atom stereocenters. The zero-order chi connectivity index (χ0) is 10.9. The number of hydrogen-bond acceptors (Lipinski definition) is 1. The third-order valence-electron chi connectivity index (χ3n) is 3.52. The van der Waals surface area contributed by atoms with Crippen molar-refractivity contribution in [2.75, 3.05) is 6.54 Å². The molecular weight excluding hydrogens is 182 g/mol. The number of nitrogens with two attached hydrogens (primary N) is 1. The van der Waals surface area contributed by atoms with Crippen LogP contribution in [-0.2, 0) is 12.8 Å². The lowest BCUT2D eigenvalue weighted by molar-refractivity contribution is 0.251. The first-order chi connectivity index (χ1) is 7.15. The molecule has 2 N–H and O–H groups in total. The molecule has 15 heavy (non-hydrogen) atoms. The van der Waals surface area contributed by atoms with Gasteiger partial charge in [-0.2, -0.15) is 0 Å². The Hall–Kier alpha value is -0.820. The van der Waals surface area contributed by atoms with E-state index in [0.717, 1.165) is 12.5 Å². The lowest BCUT2D eigenvalue weighted by Crippen LogP contribution is -2.32. The van der Waals surface area contributed by atoms with Crippen LogP contribution >= 0.6 is 0 Å². The van der Waals surface area contributed by atoms with Crippen LogP contribution in [-0.4, -0.2) is 6.54 Å². The molecule has 0 aliphatic heterocycles. The van der Waals surface area contributed by atoms with E-state index in [9.17, 15) is 0 Å². The van der Waals surface area contributed by atoms with Crippen LogP contribution in [0.5, 0.6) is 0 Å². The first kappa shape index (κ1) is 10.7. The summed E-state index contributed by atoms with van der Waals surface area (Å²) in [5, 5.41) is 0. The highest BCUT2D eigenvalue weighted by Crippen LogP contribution is 2.40. The molecule has 0 saturated carbocycles. The molecule has 1 heteroatoms. The summed E-state index contributed by atoms with van der Waals surface area (Å²) in [5.74, 6) is 0.739. The van der Waals surface area contributed by atoms with Crippen molar-refractivity contribution in [1.29, 1.82) is 0 Å². The Morgan fingerprint density at radius 1 is 1.20 bits per heavy atom. The Labute approximate surface area is 92.7 Å². The first-order valence-corrected chi connectivity index (χ1v) is 5.92. The molecule has 0 radical (unpaired) electrons. The minimum absolute atomic E-state index is 0.345. The van der Waals surface area contributed by atoms with Gasteiger partial charge in [-0.25, -0.2) is 0 Å². The van der Waals surface area contributed by atoms with E-state index in [1.807, 2.05) is 0 Å². The van der Waals surface area contributed by atoms with Gasteiger partial charge in [-0.15, -0.1) is 0 Å². The zero-order valence-electron chi connectivity index (χ0n) is 9.79. The maximum Gasteiger partial charge on any atom is -0.00140 e. The smallest absolute Gasteiger partial charge is 0.00140 e. The molecule has 1 aliphatic rings.